The molecule has 0 aromatic rings. The predicted molar refractivity (Wildman–Crippen MR) is 212 cm³/mol. The van der Waals surface area contributed by atoms with Gasteiger partial charge in [0.25, 0.3) is 0 Å². The Kier molecular flexibility index (Phi) is 45.8. The average molecular weight is 789 g/mol. The molecule has 0 bridgehead atoms. The van der Waals surface area contributed by atoms with Crippen LogP contribution in [0.15, 0.2) is 0 Å². The topological polar surface area (TPSA) is 235 Å². The van der Waals surface area contributed by atoms with Gasteiger partial charge >= 0.3 is 11.9 Å². The highest BCUT2D eigenvalue weighted by atomic mass is 32.3. The number of aliphatic hydroxyl groups is 6. The summed E-state index contributed by atoms with van der Waals surface area (Å²) in [5, 5.41) is 55.9. The zero-order chi connectivity index (χ0) is 40.4. The molecule has 0 rings (SSSR count). The van der Waals surface area contributed by atoms with Gasteiger partial charge in [-0.25, -0.2) is 0 Å². The van der Waals surface area contributed by atoms with Crippen molar-refractivity contribution in [2.75, 3.05) is 26.2 Å². The number of nitrogens with two attached hydrogens (primary N) is 2. The van der Waals surface area contributed by atoms with Crippen LogP contribution in [0.1, 0.15) is 219 Å². The Morgan fingerprint density at radius 2 is 0.509 bits per heavy atom. The highest BCUT2D eigenvalue weighted by molar-refractivity contribution is 7.79. The molecule has 324 valence electrons. The van der Waals surface area contributed by atoms with Crippen molar-refractivity contribution in [1.29, 1.82) is 0 Å². The number of hydrogen-bond acceptors (Lipinski definition) is 10. The smallest absolute Gasteiger partial charge is 0.327 e. The molecule has 0 heterocycles. The van der Waals surface area contributed by atoms with Crippen LogP contribution in [0.3, 0.4) is 0 Å². The third-order valence-corrected chi connectivity index (χ3v) is 9.36. The Hall–Kier alpha value is -0.450. The lowest BCUT2D eigenvalue weighted by molar-refractivity contribution is -0.688. The van der Waals surface area contributed by atoms with Crippen molar-refractivity contribution in [2.45, 2.75) is 231 Å². The highest BCUT2D eigenvalue weighted by Gasteiger charge is 2.20. The maximum atomic E-state index is 8.73. The second-order valence-electron chi connectivity index (χ2n) is 15.1. The minimum absolute atomic E-state index is 0.0637. The van der Waals surface area contributed by atoms with Gasteiger partial charge in [0.05, 0.1) is 13.1 Å². The molecular weight excluding hydrogens is 701 g/mol. The van der Waals surface area contributed by atoms with E-state index in [4.69, 9.17) is 48.2 Å². The van der Waals surface area contributed by atoms with Crippen LogP contribution >= 0.6 is 0 Å². The minimum Gasteiger partial charge on any atom is -0.759 e. The van der Waals surface area contributed by atoms with Crippen molar-refractivity contribution in [2.24, 2.45) is 0 Å². The van der Waals surface area contributed by atoms with Gasteiger partial charge < -0.3 is 50.4 Å². The maximum absolute atomic E-state index is 8.73. The van der Waals surface area contributed by atoms with Gasteiger partial charge in [0.1, 0.15) is 0 Å². The first-order chi connectivity index (χ1) is 25.1. The zero-order valence-electron chi connectivity index (χ0n) is 34.3. The molecule has 53 heavy (non-hydrogen) atoms. The summed E-state index contributed by atoms with van der Waals surface area (Å²) < 4.78 is 34.1. The van der Waals surface area contributed by atoms with Crippen molar-refractivity contribution in [3.8, 4) is 0 Å². The van der Waals surface area contributed by atoms with E-state index in [-0.39, 0.29) is 13.1 Å². The number of quaternary nitrogens is 2. The lowest BCUT2D eigenvalue weighted by Crippen LogP contribution is -2.88. The quantitative estimate of drug-likeness (QED) is 0.0168. The normalized spacial score (nSPS) is 12.0. The molecule has 10 N–H and O–H groups in total. The summed E-state index contributed by atoms with van der Waals surface area (Å²) in [6.45, 7) is 6.12. The minimum atomic E-state index is -5.17. The van der Waals surface area contributed by atoms with Crippen molar-refractivity contribution < 1.29 is 58.8 Å². The first kappa shape index (κ1) is 56.9. The highest BCUT2D eigenvalue weighted by Crippen LogP contribution is 2.15. The first-order valence-corrected chi connectivity index (χ1v) is 23.1. The fraction of sp³-hybridized carbons (Fsp3) is 1.00. The van der Waals surface area contributed by atoms with E-state index in [1.807, 2.05) is 0 Å². The molecular formula is C40H88N2O10S. The lowest BCUT2D eigenvalue weighted by atomic mass is 10.0. The molecule has 0 saturated heterocycles. The Morgan fingerprint density at radius 3 is 0.660 bits per heavy atom. The molecule has 0 spiro atoms. The molecule has 13 heteroatoms. The SMILES string of the molecule is CCCCCCCCCCCCCCCCCC[NH2+]CC(O)(O)O.CCCCCCCCCCCCCCCCCC[NH2+]CC(O)(O)O.O=S(=O)([O-])[O-]. The lowest BCUT2D eigenvalue weighted by Gasteiger charge is -2.11. The summed E-state index contributed by atoms with van der Waals surface area (Å²) in [4.78, 5) is 0. The summed E-state index contributed by atoms with van der Waals surface area (Å²) in [6.07, 6.45) is 43.5. The van der Waals surface area contributed by atoms with Crippen LogP contribution in [0.25, 0.3) is 0 Å². The summed E-state index contributed by atoms with van der Waals surface area (Å²) in [6, 6.07) is 0. The maximum Gasteiger partial charge on any atom is 0.327 e. The molecule has 0 saturated carbocycles. The van der Waals surface area contributed by atoms with Crippen LogP contribution in [0.4, 0.5) is 0 Å². The van der Waals surface area contributed by atoms with Crippen LogP contribution in [-0.4, -0.2) is 86.3 Å². The predicted octanol–water partition coefficient (Wildman–Crippen LogP) is 5.55. The van der Waals surface area contributed by atoms with E-state index in [0.29, 0.717) is 0 Å². The summed E-state index contributed by atoms with van der Waals surface area (Å²) in [5.41, 5.74) is 0. The number of unbranched alkanes of at least 4 members (excludes halogenated alkanes) is 30. The Labute approximate surface area is 325 Å². The van der Waals surface area contributed by atoms with E-state index in [1.54, 1.807) is 10.6 Å². The molecule has 0 unspecified atom stereocenters. The van der Waals surface area contributed by atoms with Crippen LogP contribution in [0.5, 0.6) is 0 Å². The van der Waals surface area contributed by atoms with Gasteiger partial charge in [-0.2, -0.15) is 0 Å². The van der Waals surface area contributed by atoms with Crippen molar-refractivity contribution >= 4 is 10.4 Å². The Morgan fingerprint density at radius 1 is 0.358 bits per heavy atom. The molecule has 0 aromatic heterocycles. The van der Waals surface area contributed by atoms with Crippen LogP contribution < -0.4 is 10.6 Å². The van der Waals surface area contributed by atoms with E-state index in [0.717, 1.165) is 25.9 Å². The van der Waals surface area contributed by atoms with E-state index in [2.05, 4.69) is 13.8 Å². The number of rotatable bonds is 38. The summed E-state index contributed by atoms with van der Waals surface area (Å²) in [5.74, 6) is -5.04. The second kappa shape index (κ2) is 42.7. The zero-order valence-corrected chi connectivity index (χ0v) is 35.2. The molecule has 12 nitrogen and oxygen atoms in total. The molecule has 0 radical (unpaired) electrons. The fourth-order valence-corrected chi connectivity index (χ4v) is 6.26. The van der Waals surface area contributed by atoms with Gasteiger partial charge in [0, 0.05) is 10.4 Å². The summed E-state index contributed by atoms with van der Waals surface area (Å²) >= 11 is 0. The van der Waals surface area contributed by atoms with Gasteiger partial charge in [-0.05, 0) is 25.7 Å². The van der Waals surface area contributed by atoms with Crippen molar-refractivity contribution in [1.82, 2.24) is 0 Å². The average Bonchev–Trinajstić information content (AvgIpc) is 3.06. The second-order valence-corrected chi connectivity index (χ2v) is 15.9. The summed E-state index contributed by atoms with van der Waals surface area (Å²) in [7, 11) is -5.17. The van der Waals surface area contributed by atoms with Crippen LogP contribution in [0, 0.1) is 0 Å². The first-order valence-electron chi connectivity index (χ1n) is 21.8. The molecule has 0 atom stereocenters. The third-order valence-electron chi connectivity index (χ3n) is 9.36. The van der Waals surface area contributed by atoms with Crippen LogP contribution in [-0.2, 0) is 10.4 Å². The van der Waals surface area contributed by atoms with Gasteiger partial charge in [0.15, 0.2) is 13.1 Å². The third kappa shape index (κ3) is 73.3. The Balaban J connectivity index is -0.000000835. The van der Waals surface area contributed by atoms with Gasteiger partial charge in [-0.3, -0.25) is 8.42 Å². The number of hydrogen-bond donors (Lipinski definition) is 8. The molecule has 0 aliphatic rings. The van der Waals surface area contributed by atoms with Gasteiger partial charge in [-0.15, -0.1) is 0 Å². The molecule has 0 aromatic carbocycles. The van der Waals surface area contributed by atoms with Gasteiger partial charge in [0.2, 0.25) is 0 Å². The monoisotopic (exact) mass is 789 g/mol. The van der Waals surface area contributed by atoms with E-state index < -0.39 is 22.3 Å². The van der Waals surface area contributed by atoms with Crippen molar-refractivity contribution in [3.63, 3.8) is 0 Å². The van der Waals surface area contributed by atoms with Crippen molar-refractivity contribution in [3.05, 3.63) is 0 Å². The van der Waals surface area contributed by atoms with Gasteiger partial charge in [-0.1, -0.05) is 194 Å². The Bertz CT molecular complexity index is 735. The van der Waals surface area contributed by atoms with E-state index in [9.17, 15) is 0 Å². The van der Waals surface area contributed by atoms with Crippen LogP contribution in [0.2, 0.25) is 0 Å². The molecule has 0 amide bonds. The standard InChI is InChI=1S/2C20H43NO3.H2O4S/c2*1-2-3-4-5-6-7-8-9-10-11-12-13-14-15-16-17-18-21-19-20(22,23)24;1-5(2,3)4/h2*21-24H,2-19H2,1H3;(H2,1,2,3,4). The van der Waals surface area contributed by atoms with E-state index >= 15 is 0 Å². The molecule has 0 aliphatic heterocycles. The fourth-order valence-electron chi connectivity index (χ4n) is 6.26. The largest absolute Gasteiger partial charge is 0.759 e. The van der Waals surface area contributed by atoms with E-state index in [1.165, 1.54) is 193 Å². The molecule has 0 fully saturated rings. The molecule has 0 aliphatic carbocycles.